The standard InChI is InChI=1S/C9H14ClN3O4S/c1-6(2)13-8(7-5-16-3-4-17-7)11-12-9(13)18(10,14)15/h6-7H,3-5H2,1-2H3. The summed E-state index contributed by atoms with van der Waals surface area (Å²) in [5.41, 5.74) is 0. The zero-order chi connectivity index (χ0) is 13.3. The van der Waals surface area contributed by atoms with E-state index in [0.29, 0.717) is 25.6 Å². The van der Waals surface area contributed by atoms with E-state index in [1.807, 2.05) is 13.8 Å². The van der Waals surface area contributed by atoms with E-state index in [9.17, 15) is 8.42 Å². The van der Waals surface area contributed by atoms with Crippen LogP contribution in [0.2, 0.25) is 0 Å². The van der Waals surface area contributed by atoms with Gasteiger partial charge in [-0.25, -0.2) is 8.42 Å². The molecule has 2 rings (SSSR count). The lowest BCUT2D eigenvalue weighted by molar-refractivity contribution is -0.0952. The summed E-state index contributed by atoms with van der Waals surface area (Å²) in [7, 11) is 1.41. The van der Waals surface area contributed by atoms with Crippen molar-refractivity contribution in [1.82, 2.24) is 14.8 Å². The van der Waals surface area contributed by atoms with E-state index in [1.54, 1.807) is 0 Å². The number of aromatic nitrogens is 3. The Hall–Kier alpha value is -0.700. The minimum atomic E-state index is -3.93. The Kier molecular flexibility index (Phi) is 3.90. The van der Waals surface area contributed by atoms with Gasteiger partial charge in [0.1, 0.15) is 6.10 Å². The highest BCUT2D eigenvalue weighted by Gasteiger charge is 2.30. The molecule has 9 heteroatoms. The van der Waals surface area contributed by atoms with Gasteiger partial charge in [-0.15, -0.1) is 10.2 Å². The first-order valence-electron chi connectivity index (χ1n) is 5.50. The lowest BCUT2D eigenvalue weighted by Crippen LogP contribution is -2.25. The van der Waals surface area contributed by atoms with E-state index in [2.05, 4.69) is 10.2 Å². The maximum absolute atomic E-state index is 11.4. The van der Waals surface area contributed by atoms with Gasteiger partial charge in [0.05, 0.1) is 19.8 Å². The minimum absolute atomic E-state index is 0.149. The maximum atomic E-state index is 11.4. The highest BCUT2D eigenvalue weighted by atomic mass is 35.7. The Labute approximate surface area is 109 Å². The highest BCUT2D eigenvalue weighted by Crippen LogP contribution is 2.26. The molecule has 0 N–H and O–H groups in total. The molecule has 0 aliphatic carbocycles. The summed E-state index contributed by atoms with van der Waals surface area (Å²) in [6.07, 6.45) is -0.416. The van der Waals surface area contributed by atoms with Crippen molar-refractivity contribution in [2.75, 3.05) is 19.8 Å². The van der Waals surface area contributed by atoms with Crippen LogP contribution in [0.25, 0.3) is 0 Å². The Morgan fingerprint density at radius 2 is 2.11 bits per heavy atom. The molecule has 0 spiro atoms. The van der Waals surface area contributed by atoms with Gasteiger partial charge in [0, 0.05) is 16.7 Å². The molecule has 1 saturated heterocycles. The van der Waals surface area contributed by atoms with Crippen LogP contribution in [0.3, 0.4) is 0 Å². The Bertz CT molecular complexity index is 522. The zero-order valence-electron chi connectivity index (χ0n) is 10.0. The van der Waals surface area contributed by atoms with Gasteiger partial charge in [-0.3, -0.25) is 4.57 Å². The molecule has 0 amide bonds. The van der Waals surface area contributed by atoms with Crippen molar-refractivity contribution in [3.05, 3.63) is 5.82 Å². The molecule has 1 aliphatic heterocycles. The van der Waals surface area contributed by atoms with Crippen LogP contribution in [0.1, 0.15) is 31.8 Å². The average molecular weight is 296 g/mol. The van der Waals surface area contributed by atoms with Crippen LogP contribution in [0.4, 0.5) is 0 Å². The number of rotatable bonds is 3. The summed E-state index contributed by atoms with van der Waals surface area (Å²) >= 11 is 0. The molecule has 0 bridgehead atoms. The number of hydrogen-bond donors (Lipinski definition) is 0. The van der Waals surface area contributed by atoms with Crippen molar-refractivity contribution >= 4 is 19.7 Å². The number of nitrogens with zero attached hydrogens (tertiary/aromatic N) is 3. The van der Waals surface area contributed by atoms with Crippen molar-refractivity contribution in [2.45, 2.75) is 31.1 Å². The summed E-state index contributed by atoms with van der Waals surface area (Å²) in [5.74, 6) is 0.420. The van der Waals surface area contributed by atoms with Gasteiger partial charge >= 0.3 is 0 Å². The molecule has 0 aromatic carbocycles. The van der Waals surface area contributed by atoms with Gasteiger partial charge in [-0.1, -0.05) is 0 Å². The van der Waals surface area contributed by atoms with Crippen LogP contribution in [-0.2, 0) is 18.5 Å². The molecule has 0 saturated carbocycles. The Morgan fingerprint density at radius 3 is 2.61 bits per heavy atom. The average Bonchev–Trinajstić information content (AvgIpc) is 2.74. The quantitative estimate of drug-likeness (QED) is 0.770. The van der Waals surface area contributed by atoms with Crippen LogP contribution in [0.15, 0.2) is 5.16 Å². The molecule has 0 radical (unpaired) electrons. The van der Waals surface area contributed by atoms with Gasteiger partial charge in [-0.2, -0.15) is 0 Å². The molecule has 18 heavy (non-hydrogen) atoms. The molecule has 1 aromatic rings. The summed E-state index contributed by atoms with van der Waals surface area (Å²) in [6.45, 7) is 4.93. The van der Waals surface area contributed by atoms with Crippen molar-refractivity contribution in [3.63, 3.8) is 0 Å². The van der Waals surface area contributed by atoms with E-state index < -0.39 is 15.2 Å². The lowest BCUT2D eigenvalue weighted by atomic mass is 10.3. The van der Waals surface area contributed by atoms with Crippen molar-refractivity contribution in [1.29, 1.82) is 0 Å². The Balaban J connectivity index is 2.45. The zero-order valence-corrected chi connectivity index (χ0v) is 11.6. The highest BCUT2D eigenvalue weighted by molar-refractivity contribution is 8.13. The van der Waals surface area contributed by atoms with E-state index in [0.717, 1.165) is 0 Å². The molecule has 1 aromatic heterocycles. The van der Waals surface area contributed by atoms with Crippen LogP contribution < -0.4 is 0 Å². The molecule has 1 atom stereocenters. The predicted molar refractivity (Wildman–Crippen MR) is 63.0 cm³/mol. The van der Waals surface area contributed by atoms with Gasteiger partial charge in [0.25, 0.3) is 14.2 Å². The van der Waals surface area contributed by atoms with Crippen molar-refractivity contribution < 1.29 is 17.9 Å². The van der Waals surface area contributed by atoms with Gasteiger partial charge in [0.2, 0.25) is 0 Å². The summed E-state index contributed by atoms with van der Waals surface area (Å²) in [4.78, 5) is 0. The normalized spacial score (nSPS) is 21.4. The van der Waals surface area contributed by atoms with Crippen molar-refractivity contribution in [2.24, 2.45) is 0 Å². The maximum Gasteiger partial charge on any atom is 0.296 e. The summed E-state index contributed by atoms with van der Waals surface area (Å²) in [6, 6.07) is -0.149. The van der Waals surface area contributed by atoms with Crippen LogP contribution in [-0.4, -0.2) is 43.0 Å². The second-order valence-electron chi connectivity index (χ2n) is 4.18. The van der Waals surface area contributed by atoms with Gasteiger partial charge in [-0.05, 0) is 13.8 Å². The molecule has 102 valence electrons. The minimum Gasteiger partial charge on any atom is -0.376 e. The van der Waals surface area contributed by atoms with E-state index in [4.69, 9.17) is 20.2 Å². The smallest absolute Gasteiger partial charge is 0.296 e. The fraction of sp³-hybridized carbons (Fsp3) is 0.778. The van der Waals surface area contributed by atoms with Crippen LogP contribution in [0, 0.1) is 0 Å². The third kappa shape index (κ3) is 2.66. The molecule has 2 heterocycles. The van der Waals surface area contributed by atoms with Gasteiger partial charge < -0.3 is 9.47 Å². The van der Waals surface area contributed by atoms with Crippen LogP contribution >= 0.6 is 10.7 Å². The second-order valence-corrected chi connectivity index (χ2v) is 6.64. The fourth-order valence-electron chi connectivity index (χ4n) is 1.80. The first-order chi connectivity index (χ1) is 8.41. The number of ether oxygens (including phenoxy) is 2. The summed E-state index contributed by atoms with van der Waals surface area (Å²) < 4.78 is 35.1. The third-order valence-corrected chi connectivity index (χ3v) is 3.66. The van der Waals surface area contributed by atoms with Gasteiger partial charge in [0.15, 0.2) is 5.82 Å². The molecule has 1 aliphatic rings. The molecule has 1 fully saturated rings. The number of hydrogen-bond acceptors (Lipinski definition) is 6. The fourth-order valence-corrected chi connectivity index (χ4v) is 2.79. The summed E-state index contributed by atoms with van der Waals surface area (Å²) in [5, 5.41) is 7.25. The largest absolute Gasteiger partial charge is 0.376 e. The number of halogens is 1. The van der Waals surface area contributed by atoms with Crippen molar-refractivity contribution in [3.8, 4) is 0 Å². The SMILES string of the molecule is CC(C)n1c(C2COCCO2)nnc1S(=O)(=O)Cl. The van der Waals surface area contributed by atoms with E-state index >= 15 is 0 Å². The monoisotopic (exact) mass is 295 g/mol. The molecular weight excluding hydrogens is 282 g/mol. The molecule has 1 unspecified atom stereocenters. The van der Waals surface area contributed by atoms with E-state index in [1.165, 1.54) is 4.57 Å². The Morgan fingerprint density at radius 1 is 1.39 bits per heavy atom. The molecular formula is C9H14ClN3O4S. The first kappa shape index (κ1) is 13.7. The third-order valence-electron chi connectivity index (χ3n) is 2.53. The second kappa shape index (κ2) is 5.12. The predicted octanol–water partition coefficient (Wildman–Crippen LogP) is 0.874. The first-order valence-corrected chi connectivity index (χ1v) is 7.81. The molecule has 7 nitrogen and oxygen atoms in total. The topological polar surface area (TPSA) is 83.3 Å². The van der Waals surface area contributed by atoms with E-state index in [-0.39, 0.29) is 11.2 Å². The van der Waals surface area contributed by atoms with Crippen LogP contribution in [0.5, 0.6) is 0 Å². The lowest BCUT2D eigenvalue weighted by Gasteiger charge is -2.24.